The Morgan fingerprint density at radius 2 is 1.46 bits per heavy atom. The number of aromatic nitrogens is 1. The first-order valence-corrected chi connectivity index (χ1v) is 23.4. The molecular weight excluding hydrogens is 887 g/mol. The minimum atomic E-state index is -0.896. The van der Waals surface area contributed by atoms with E-state index in [-0.39, 0.29) is 37.6 Å². The van der Waals surface area contributed by atoms with E-state index in [0.29, 0.717) is 83.8 Å². The molecule has 0 saturated heterocycles. The Hall–Kier alpha value is -6.30. The van der Waals surface area contributed by atoms with Crippen LogP contribution in [0.1, 0.15) is 77.5 Å². The van der Waals surface area contributed by atoms with E-state index in [2.05, 4.69) is 25.6 Å². The number of azide groups is 1. The zero-order chi connectivity index (χ0) is 50.0. The first-order chi connectivity index (χ1) is 33.2. The summed E-state index contributed by atoms with van der Waals surface area (Å²) in [4.78, 5) is 61.8. The Morgan fingerprint density at radius 1 is 0.826 bits per heavy atom. The van der Waals surface area contributed by atoms with Gasteiger partial charge in [0.1, 0.15) is 29.8 Å². The Kier molecular flexibility index (Phi) is 23.7. The summed E-state index contributed by atoms with van der Waals surface area (Å²) in [6.07, 6.45) is 1.83. The largest absolute Gasteiger partial charge is 0.491 e. The fraction of sp³-hybridized carbons (Fsp3) is 0.510. The molecule has 374 valence electrons. The number of esters is 1. The maximum atomic E-state index is 14.1. The first kappa shape index (κ1) is 55.3. The van der Waals surface area contributed by atoms with Gasteiger partial charge in [0.05, 0.1) is 72.4 Å². The number of aryl methyl sites for hydroxylation is 1. The van der Waals surface area contributed by atoms with Gasteiger partial charge in [-0.2, -0.15) is 0 Å². The van der Waals surface area contributed by atoms with Gasteiger partial charge in [-0.1, -0.05) is 80.0 Å². The number of pyridine rings is 1. The number of rotatable bonds is 30. The number of nitrogens with one attached hydrogen (secondary N) is 2. The van der Waals surface area contributed by atoms with Gasteiger partial charge in [0.15, 0.2) is 0 Å². The van der Waals surface area contributed by atoms with E-state index < -0.39 is 35.7 Å². The van der Waals surface area contributed by atoms with E-state index in [1.807, 2.05) is 87.5 Å². The molecule has 0 aliphatic carbocycles. The van der Waals surface area contributed by atoms with Crippen molar-refractivity contribution in [3.8, 4) is 16.9 Å². The number of carbonyl (C=O) groups is 4. The van der Waals surface area contributed by atoms with Crippen LogP contribution in [-0.2, 0) is 42.8 Å². The van der Waals surface area contributed by atoms with Crippen LogP contribution in [-0.4, -0.2) is 120 Å². The number of methoxy groups -OCH3 is 1. The molecule has 0 aliphatic heterocycles. The molecule has 0 radical (unpaired) electrons. The summed E-state index contributed by atoms with van der Waals surface area (Å²) >= 11 is 0. The van der Waals surface area contributed by atoms with Crippen molar-refractivity contribution in [3.63, 3.8) is 0 Å². The third-order valence-corrected chi connectivity index (χ3v) is 10.8. The number of benzene rings is 3. The molecule has 1 aromatic heterocycles. The second-order valence-corrected chi connectivity index (χ2v) is 17.2. The molecule has 2 N–H and O–H groups in total. The normalized spacial score (nSPS) is 12.6. The number of nitrogens with zero attached hydrogens (tertiary/aromatic N) is 5. The lowest BCUT2D eigenvalue weighted by molar-refractivity contribution is -0.141. The smallest absolute Gasteiger partial charge is 0.416 e. The number of fused-ring (bicyclic) bond motifs is 1. The van der Waals surface area contributed by atoms with Gasteiger partial charge >= 0.3 is 12.1 Å². The number of carbonyl (C=O) groups excluding carboxylic acids is 4. The van der Waals surface area contributed by atoms with Gasteiger partial charge in [-0.3, -0.25) is 19.3 Å². The summed E-state index contributed by atoms with van der Waals surface area (Å²) in [6.45, 7) is 15.2. The zero-order valence-corrected chi connectivity index (χ0v) is 41.1. The van der Waals surface area contributed by atoms with Crippen LogP contribution in [0.2, 0.25) is 0 Å². The van der Waals surface area contributed by atoms with E-state index in [9.17, 15) is 19.2 Å². The summed E-state index contributed by atoms with van der Waals surface area (Å²) in [6, 6.07) is 21.5. The van der Waals surface area contributed by atoms with Gasteiger partial charge in [0.2, 0.25) is 11.8 Å². The van der Waals surface area contributed by atoms with E-state index in [4.69, 9.17) is 38.7 Å². The van der Waals surface area contributed by atoms with Crippen molar-refractivity contribution in [3.05, 3.63) is 101 Å². The van der Waals surface area contributed by atoms with E-state index >= 15 is 0 Å². The van der Waals surface area contributed by atoms with Crippen LogP contribution in [0.25, 0.3) is 32.3 Å². The van der Waals surface area contributed by atoms with Crippen LogP contribution >= 0.6 is 0 Å². The minimum Gasteiger partial charge on any atom is -0.491 e. The van der Waals surface area contributed by atoms with E-state index in [1.54, 1.807) is 33.0 Å². The van der Waals surface area contributed by atoms with Crippen LogP contribution < -0.4 is 20.3 Å². The van der Waals surface area contributed by atoms with Crippen molar-refractivity contribution in [1.82, 2.24) is 15.6 Å². The number of hydrogen-bond acceptors (Lipinski definition) is 13. The molecule has 18 heteroatoms. The van der Waals surface area contributed by atoms with Crippen LogP contribution in [0.15, 0.2) is 84.1 Å². The molecule has 3 amide bonds. The molecule has 0 aliphatic rings. The van der Waals surface area contributed by atoms with Gasteiger partial charge in [-0.15, -0.1) is 0 Å². The molecule has 18 nitrogen and oxygen atoms in total. The zero-order valence-electron chi connectivity index (χ0n) is 41.1. The molecule has 3 aromatic carbocycles. The highest BCUT2D eigenvalue weighted by molar-refractivity contribution is 6.00. The van der Waals surface area contributed by atoms with Gasteiger partial charge in [0.25, 0.3) is 0 Å². The van der Waals surface area contributed by atoms with Crippen LogP contribution in [0.3, 0.4) is 0 Å². The molecule has 4 rings (SSSR count). The van der Waals surface area contributed by atoms with Crippen LogP contribution in [0.5, 0.6) is 5.75 Å². The molecule has 0 spiro atoms. The predicted molar refractivity (Wildman–Crippen MR) is 263 cm³/mol. The highest BCUT2D eigenvalue weighted by Crippen LogP contribution is 2.35. The number of anilines is 1. The van der Waals surface area contributed by atoms with Gasteiger partial charge < -0.3 is 43.8 Å². The molecule has 1 heterocycles. The Morgan fingerprint density at radius 3 is 2.07 bits per heavy atom. The monoisotopic (exact) mass is 956 g/mol. The average Bonchev–Trinajstić information content (AvgIpc) is 3.33. The van der Waals surface area contributed by atoms with Gasteiger partial charge in [-0.25, -0.2) is 9.78 Å². The van der Waals surface area contributed by atoms with Crippen molar-refractivity contribution in [2.75, 3.05) is 84.6 Å². The van der Waals surface area contributed by atoms with Crippen molar-refractivity contribution >= 4 is 40.5 Å². The molecular formula is C51H69N7O11. The highest BCUT2D eigenvalue weighted by atomic mass is 16.6. The lowest BCUT2D eigenvalue weighted by Crippen LogP contribution is -2.51. The fourth-order valence-corrected chi connectivity index (χ4v) is 7.06. The van der Waals surface area contributed by atoms with Gasteiger partial charge in [-0.05, 0) is 91.4 Å². The van der Waals surface area contributed by atoms with Crippen LogP contribution in [0.4, 0.5) is 10.6 Å². The Balaban J connectivity index is 1.34. The second kappa shape index (κ2) is 29.6. The molecule has 69 heavy (non-hydrogen) atoms. The van der Waals surface area contributed by atoms with E-state index in [1.165, 1.54) is 12.0 Å². The standard InChI is InChI=1S/C51H69N7O11/c1-8-37(3)48(56-46(59)14-11-24-58(50(62)69-51(4,5)6)45-34-36(2)21-22-53-45)49(61)55-43(35-47(60)63-7)39-17-15-38(16-18-39)40-19-20-44(42-13-10-9-12-41(40)42)68-33-32-67-31-30-66-29-28-65-27-26-64-25-23-54-57-52/h9-10,12-13,15-22,34,37,43,48H,8,11,14,23-33,35H2,1-7H3,(H,55,61)(H,56,59)/t37-,43-,48-/m0/s1. The Bertz CT molecular complexity index is 2280. The molecule has 0 bridgehead atoms. The molecule has 4 aromatic rings. The SMILES string of the molecule is CC[C@H](C)[C@H](NC(=O)CCCN(C(=O)OC(C)(C)C)c1cc(C)ccn1)C(=O)N[C@@H](CC(=O)OC)c1ccc(-c2ccc(OCCOCCOCCOCCOCCN=[N+]=[N-])c3ccccc23)cc1. The van der Waals surface area contributed by atoms with Crippen molar-refractivity contribution in [2.24, 2.45) is 11.0 Å². The minimum absolute atomic E-state index is 0.0331. The fourth-order valence-electron chi connectivity index (χ4n) is 7.06. The van der Waals surface area contributed by atoms with Crippen molar-refractivity contribution in [1.29, 1.82) is 0 Å². The highest BCUT2D eigenvalue weighted by Gasteiger charge is 2.30. The lowest BCUT2D eigenvalue weighted by atomic mass is 9.94. The maximum Gasteiger partial charge on any atom is 0.416 e. The molecule has 3 atom stereocenters. The van der Waals surface area contributed by atoms with Crippen LogP contribution in [0, 0.1) is 12.8 Å². The number of hydrogen-bond donors (Lipinski definition) is 2. The van der Waals surface area contributed by atoms with E-state index in [0.717, 1.165) is 33.2 Å². The van der Waals surface area contributed by atoms with Crippen molar-refractivity contribution in [2.45, 2.75) is 84.9 Å². The molecule has 0 fully saturated rings. The first-order valence-electron chi connectivity index (χ1n) is 23.4. The maximum absolute atomic E-state index is 14.1. The summed E-state index contributed by atoms with van der Waals surface area (Å²) in [7, 11) is 1.30. The lowest BCUT2D eigenvalue weighted by Gasteiger charge is -2.28. The van der Waals surface area contributed by atoms with Crippen molar-refractivity contribution < 1.29 is 52.3 Å². The summed E-state index contributed by atoms with van der Waals surface area (Å²) < 4.78 is 38.8. The topological polar surface area (TPSA) is 222 Å². The second-order valence-electron chi connectivity index (χ2n) is 17.2. The quantitative estimate of drug-likeness (QED) is 0.0165. The summed E-state index contributed by atoms with van der Waals surface area (Å²) in [5, 5.41) is 11.3. The average molecular weight is 956 g/mol. The van der Waals surface area contributed by atoms with Gasteiger partial charge in [0, 0.05) is 36.0 Å². The molecule has 0 unspecified atom stereocenters. The third-order valence-electron chi connectivity index (χ3n) is 10.8. The Labute approximate surface area is 405 Å². The number of amides is 3. The summed E-state index contributed by atoms with van der Waals surface area (Å²) in [5.74, 6) is -0.403. The summed E-state index contributed by atoms with van der Waals surface area (Å²) in [5.41, 5.74) is 11.0. The molecule has 0 saturated carbocycles. The third kappa shape index (κ3) is 19.3. The number of ether oxygens (including phenoxy) is 7. The predicted octanol–water partition coefficient (Wildman–Crippen LogP) is 8.44.